The van der Waals surface area contributed by atoms with E-state index in [2.05, 4.69) is 0 Å². The fraction of sp³-hybridized carbons (Fsp3) is 0.538. The first-order valence-electron chi connectivity index (χ1n) is 5.78. The van der Waals surface area contributed by atoms with Crippen LogP contribution in [0.5, 0.6) is 0 Å². The summed E-state index contributed by atoms with van der Waals surface area (Å²) >= 11 is 0. The van der Waals surface area contributed by atoms with Crippen LogP contribution in [-0.4, -0.2) is 16.9 Å². The maximum absolute atomic E-state index is 13.0. The zero-order chi connectivity index (χ0) is 11.6. The topological polar surface area (TPSA) is 46.2 Å². The molecule has 0 bridgehead atoms. The van der Waals surface area contributed by atoms with Crippen molar-refractivity contribution in [3.63, 3.8) is 0 Å². The van der Waals surface area contributed by atoms with Gasteiger partial charge < -0.3 is 10.8 Å². The molecule has 1 aliphatic rings. The van der Waals surface area contributed by atoms with Crippen molar-refractivity contribution in [3.05, 3.63) is 29.8 Å². The average molecular weight is 223 g/mol. The van der Waals surface area contributed by atoms with E-state index in [1.165, 1.54) is 0 Å². The highest BCUT2D eigenvalue weighted by molar-refractivity contribution is 5.39. The molecule has 2 nitrogen and oxygen atoms in total. The van der Waals surface area contributed by atoms with E-state index in [9.17, 15) is 9.50 Å². The van der Waals surface area contributed by atoms with E-state index in [1.54, 1.807) is 0 Å². The molecule has 0 amide bonds. The number of halogens is 1. The lowest BCUT2D eigenvalue weighted by Crippen LogP contribution is -2.36. The van der Waals surface area contributed by atoms with Gasteiger partial charge in [-0.05, 0) is 43.4 Å². The van der Waals surface area contributed by atoms with Crippen LogP contribution in [0.3, 0.4) is 0 Å². The van der Waals surface area contributed by atoms with E-state index in [0.29, 0.717) is 32.1 Å². The molecule has 1 aromatic rings. The van der Waals surface area contributed by atoms with Gasteiger partial charge in [-0.25, -0.2) is 4.39 Å². The summed E-state index contributed by atoms with van der Waals surface area (Å²) in [6.07, 6.45) is 1.93. The molecule has 0 aromatic heterocycles. The number of nitrogens with two attached hydrogens (primary N) is 1. The molecule has 1 aliphatic carbocycles. The van der Waals surface area contributed by atoms with Crippen molar-refractivity contribution in [1.29, 1.82) is 0 Å². The van der Waals surface area contributed by atoms with Gasteiger partial charge in [-0.2, -0.15) is 0 Å². The third kappa shape index (κ3) is 2.73. The Morgan fingerprint density at radius 1 is 1.25 bits per heavy atom. The minimum atomic E-state index is -0.730. The van der Waals surface area contributed by atoms with Crippen LogP contribution in [0.15, 0.2) is 24.3 Å². The van der Waals surface area contributed by atoms with Crippen molar-refractivity contribution in [1.82, 2.24) is 0 Å². The van der Waals surface area contributed by atoms with Crippen molar-refractivity contribution in [2.45, 2.75) is 43.9 Å². The van der Waals surface area contributed by atoms with Crippen LogP contribution >= 0.6 is 0 Å². The van der Waals surface area contributed by atoms with Crippen molar-refractivity contribution in [3.8, 4) is 0 Å². The predicted molar refractivity (Wildman–Crippen MR) is 62.9 cm³/mol. The molecule has 0 aliphatic heterocycles. The van der Waals surface area contributed by atoms with Crippen LogP contribution in [0.25, 0.3) is 0 Å². The van der Waals surface area contributed by atoms with Gasteiger partial charge in [-0.15, -0.1) is 0 Å². The van der Waals surface area contributed by atoms with Crippen molar-refractivity contribution in [2.24, 2.45) is 0 Å². The molecule has 2 rings (SSSR count). The monoisotopic (exact) mass is 223 g/mol. The van der Waals surface area contributed by atoms with Gasteiger partial charge in [-0.3, -0.25) is 0 Å². The van der Waals surface area contributed by atoms with E-state index in [4.69, 9.17) is 5.73 Å². The molecule has 0 saturated heterocycles. The Kier molecular flexibility index (Phi) is 3.15. The number of nitrogen functional groups attached to an aromatic ring is 1. The van der Waals surface area contributed by atoms with E-state index in [0.717, 1.165) is 11.3 Å². The van der Waals surface area contributed by atoms with E-state index in [-0.39, 0.29) is 0 Å². The molecule has 1 aromatic carbocycles. The Hall–Kier alpha value is -1.09. The molecule has 0 unspecified atom stereocenters. The van der Waals surface area contributed by atoms with Gasteiger partial charge in [0.05, 0.1) is 5.60 Å². The second kappa shape index (κ2) is 4.42. The summed E-state index contributed by atoms with van der Waals surface area (Å²) in [7, 11) is 0. The van der Waals surface area contributed by atoms with Gasteiger partial charge in [0.1, 0.15) is 6.17 Å². The Morgan fingerprint density at radius 3 is 2.38 bits per heavy atom. The Balaban J connectivity index is 2.00. The molecule has 1 saturated carbocycles. The molecule has 0 atom stereocenters. The molecule has 0 heterocycles. The summed E-state index contributed by atoms with van der Waals surface area (Å²) in [5.41, 5.74) is 6.66. The number of aliphatic hydroxyl groups is 1. The minimum absolute atomic E-state index is 0.478. The summed E-state index contributed by atoms with van der Waals surface area (Å²) in [6, 6.07) is 7.52. The Morgan fingerprint density at radius 2 is 1.81 bits per heavy atom. The smallest absolute Gasteiger partial charge is 0.100 e. The van der Waals surface area contributed by atoms with Crippen LogP contribution in [0.1, 0.15) is 31.2 Å². The zero-order valence-electron chi connectivity index (χ0n) is 9.32. The highest BCUT2D eigenvalue weighted by atomic mass is 19.1. The number of benzene rings is 1. The summed E-state index contributed by atoms with van der Waals surface area (Å²) in [5.74, 6) is 0. The standard InChI is InChI=1S/C13H18FNO/c14-11-5-7-13(16,8-6-11)9-10-1-3-12(15)4-2-10/h1-4,11,16H,5-9,15H2. The Labute approximate surface area is 95.3 Å². The first-order valence-corrected chi connectivity index (χ1v) is 5.78. The third-order valence-electron chi connectivity index (χ3n) is 3.36. The average Bonchev–Trinajstić information content (AvgIpc) is 2.27. The second-order valence-corrected chi connectivity index (χ2v) is 4.82. The van der Waals surface area contributed by atoms with Gasteiger partial charge in [0.25, 0.3) is 0 Å². The van der Waals surface area contributed by atoms with Gasteiger partial charge in [0, 0.05) is 12.1 Å². The highest BCUT2D eigenvalue weighted by Gasteiger charge is 2.33. The number of hydrogen-bond acceptors (Lipinski definition) is 2. The molecule has 0 radical (unpaired) electrons. The van der Waals surface area contributed by atoms with Crippen LogP contribution in [0, 0.1) is 0 Å². The molecule has 1 fully saturated rings. The fourth-order valence-corrected chi connectivity index (χ4v) is 2.31. The summed E-state index contributed by atoms with van der Waals surface area (Å²) in [5, 5.41) is 10.3. The number of anilines is 1. The molecule has 3 heteroatoms. The number of rotatable bonds is 2. The lowest BCUT2D eigenvalue weighted by Gasteiger charge is -2.33. The third-order valence-corrected chi connectivity index (χ3v) is 3.36. The zero-order valence-corrected chi connectivity index (χ0v) is 9.32. The van der Waals surface area contributed by atoms with Gasteiger partial charge in [0.2, 0.25) is 0 Å². The Bertz CT molecular complexity index is 341. The molecule has 16 heavy (non-hydrogen) atoms. The van der Waals surface area contributed by atoms with E-state index < -0.39 is 11.8 Å². The molecular weight excluding hydrogens is 205 g/mol. The second-order valence-electron chi connectivity index (χ2n) is 4.82. The molecule has 3 N–H and O–H groups in total. The lowest BCUT2D eigenvalue weighted by molar-refractivity contribution is -0.0142. The lowest BCUT2D eigenvalue weighted by atomic mass is 9.80. The van der Waals surface area contributed by atoms with Gasteiger partial charge in [0.15, 0.2) is 0 Å². The highest BCUT2D eigenvalue weighted by Crippen LogP contribution is 2.32. The van der Waals surface area contributed by atoms with Crippen molar-refractivity contribution >= 4 is 5.69 Å². The first-order chi connectivity index (χ1) is 7.57. The normalized spacial score (nSPS) is 30.2. The first kappa shape index (κ1) is 11.4. The van der Waals surface area contributed by atoms with Crippen LogP contribution < -0.4 is 5.73 Å². The van der Waals surface area contributed by atoms with Gasteiger partial charge in [-0.1, -0.05) is 12.1 Å². The predicted octanol–water partition coefficient (Wildman–Crippen LogP) is 2.45. The summed E-state index contributed by atoms with van der Waals surface area (Å²) in [6.45, 7) is 0. The van der Waals surface area contributed by atoms with Crippen molar-refractivity contribution in [2.75, 3.05) is 5.73 Å². The summed E-state index contributed by atoms with van der Waals surface area (Å²) in [4.78, 5) is 0. The maximum Gasteiger partial charge on any atom is 0.100 e. The molecule has 88 valence electrons. The fourth-order valence-electron chi connectivity index (χ4n) is 2.31. The number of alkyl halides is 1. The van der Waals surface area contributed by atoms with Gasteiger partial charge >= 0.3 is 0 Å². The SMILES string of the molecule is Nc1ccc(CC2(O)CCC(F)CC2)cc1. The van der Waals surface area contributed by atoms with E-state index in [1.807, 2.05) is 24.3 Å². The van der Waals surface area contributed by atoms with Crippen LogP contribution in [-0.2, 0) is 6.42 Å². The van der Waals surface area contributed by atoms with Crippen LogP contribution in [0.4, 0.5) is 10.1 Å². The minimum Gasteiger partial charge on any atom is -0.399 e. The van der Waals surface area contributed by atoms with E-state index >= 15 is 0 Å². The largest absolute Gasteiger partial charge is 0.399 e. The van der Waals surface area contributed by atoms with Crippen molar-refractivity contribution < 1.29 is 9.50 Å². The maximum atomic E-state index is 13.0. The van der Waals surface area contributed by atoms with Crippen LogP contribution in [0.2, 0.25) is 0 Å². The molecule has 0 spiro atoms. The quantitative estimate of drug-likeness (QED) is 0.756. The molecular formula is C13H18FNO. The number of hydrogen-bond donors (Lipinski definition) is 2. The summed E-state index contributed by atoms with van der Waals surface area (Å²) < 4.78 is 13.0.